The topological polar surface area (TPSA) is 17.1 Å². The average molecular weight is 259 g/mol. The molecule has 0 aliphatic carbocycles. The number of ketones is 1. The van der Waals surface area contributed by atoms with E-state index in [1.807, 2.05) is 38.1 Å². The van der Waals surface area contributed by atoms with Crippen LogP contribution in [0.4, 0.5) is 0 Å². The third-order valence-corrected chi connectivity index (χ3v) is 3.64. The van der Waals surface area contributed by atoms with E-state index in [1.54, 1.807) is 6.92 Å². The Morgan fingerprint density at radius 1 is 1.00 bits per heavy atom. The molecule has 0 aliphatic rings. The molecule has 0 amide bonds. The minimum atomic E-state index is 0.0826. The van der Waals surface area contributed by atoms with Gasteiger partial charge in [-0.2, -0.15) is 0 Å². The van der Waals surface area contributed by atoms with Gasteiger partial charge in [0.2, 0.25) is 0 Å². The zero-order chi connectivity index (χ0) is 13.3. The van der Waals surface area contributed by atoms with Gasteiger partial charge < -0.3 is 0 Å². The number of carbonyl (C=O) groups excluding carboxylic acids is 1. The van der Waals surface area contributed by atoms with E-state index in [9.17, 15) is 4.79 Å². The summed E-state index contributed by atoms with van der Waals surface area (Å²) in [5, 5.41) is 0.807. The molecular weight excluding hydrogens is 244 g/mol. The number of hydrogen-bond donors (Lipinski definition) is 0. The number of halogens is 1. The first kappa shape index (κ1) is 12.8. The summed E-state index contributed by atoms with van der Waals surface area (Å²) in [6.07, 6.45) is 0. The summed E-state index contributed by atoms with van der Waals surface area (Å²) in [5.41, 5.74) is 4.99. The van der Waals surface area contributed by atoms with Crippen molar-refractivity contribution in [1.29, 1.82) is 0 Å². The maximum Gasteiger partial charge on any atom is 0.159 e. The van der Waals surface area contributed by atoms with Crippen LogP contribution >= 0.6 is 11.6 Å². The summed E-state index contributed by atoms with van der Waals surface area (Å²) >= 11 is 6.16. The van der Waals surface area contributed by atoms with Crippen molar-refractivity contribution in [3.63, 3.8) is 0 Å². The number of carbonyl (C=O) groups is 1. The second-order valence-electron chi connectivity index (χ2n) is 4.56. The maximum absolute atomic E-state index is 11.4. The van der Waals surface area contributed by atoms with Crippen molar-refractivity contribution in [3.8, 4) is 11.1 Å². The molecule has 18 heavy (non-hydrogen) atoms. The molecule has 0 radical (unpaired) electrons. The van der Waals surface area contributed by atoms with Gasteiger partial charge in [0.05, 0.1) is 0 Å². The highest BCUT2D eigenvalue weighted by molar-refractivity contribution is 6.32. The van der Waals surface area contributed by atoms with Crippen LogP contribution in [0.15, 0.2) is 36.4 Å². The molecule has 0 unspecified atom stereocenters. The van der Waals surface area contributed by atoms with Crippen molar-refractivity contribution in [2.45, 2.75) is 20.8 Å². The SMILES string of the molecule is CC(=O)c1cccc(-c2cc(C)c(Cl)c(C)c2)c1. The van der Waals surface area contributed by atoms with Crippen molar-refractivity contribution in [2.75, 3.05) is 0 Å². The Kier molecular flexibility index (Phi) is 3.53. The van der Waals surface area contributed by atoms with Gasteiger partial charge in [-0.25, -0.2) is 0 Å². The van der Waals surface area contributed by atoms with E-state index in [0.717, 1.165) is 32.8 Å². The van der Waals surface area contributed by atoms with Crippen LogP contribution in [0.2, 0.25) is 5.02 Å². The lowest BCUT2D eigenvalue weighted by Crippen LogP contribution is -1.92. The molecule has 2 aromatic carbocycles. The van der Waals surface area contributed by atoms with Crippen molar-refractivity contribution in [1.82, 2.24) is 0 Å². The molecule has 0 saturated heterocycles. The molecule has 0 fully saturated rings. The third-order valence-electron chi connectivity index (χ3n) is 3.04. The van der Waals surface area contributed by atoms with Gasteiger partial charge in [0, 0.05) is 10.6 Å². The largest absolute Gasteiger partial charge is 0.295 e. The Morgan fingerprint density at radius 2 is 1.61 bits per heavy atom. The Morgan fingerprint density at radius 3 is 2.17 bits per heavy atom. The van der Waals surface area contributed by atoms with E-state index >= 15 is 0 Å². The predicted octanol–water partition coefficient (Wildman–Crippen LogP) is 4.83. The number of aryl methyl sites for hydroxylation is 2. The van der Waals surface area contributed by atoms with Gasteiger partial charge in [0.1, 0.15) is 0 Å². The van der Waals surface area contributed by atoms with Crippen LogP contribution in [-0.4, -0.2) is 5.78 Å². The first-order valence-corrected chi connectivity index (χ1v) is 6.25. The summed E-state index contributed by atoms with van der Waals surface area (Å²) in [4.78, 5) is 11.4. The number of Topliss-reactive ketones (excluding diaryl/α,β-unsaturated/α-hetero) is 1. The fraction of sp³-hybridized carbons (Fsp3) is 0.188. The van der Waals surface area contributed by atoms with Crippen LogP contribution < -0.4 is 0 Å². The molecule has 0 spiro atoms. The van der Waals surface area contributed by atoms with Crippen LogP contribution in [0.25, 0.3) is 11.1 Å². The summed E-state index contributed by atoms with van der Waals surface area (Å²) in [6.45, 7) is 5.57. The van der Waals surface area contributed by atoms with Gasteiger partial charge in [0.25, 0.3) is 0 Å². The van der Waals surface area contributed by atoms with Gasteiger partial charge in [-0.3, -0.25) is 4.79 Å². The minimum absolute atomic E-state index is 0.0826. The second-order valence-corrected chi connectivity index (χ2v) is 4.94. The highest BCUT2D eigenvalue weighted by atomic mass is 35.5. The zero-order valence-corrected chi connectivity index (χ0v) is 11.5. The van der Waals surface area contributed by atoms with Crippen LogP contribution in [0.3, 0.4) is 0 Å². The summed E-state index contributed by atoms with van der Waals surface area (Å²) in [5.74, 6) is 0.0826. The van der Waals surface area contributed by atoms with E-state index in [0.29, 0.717) is 0 Å². The van der Waals surface area contributed by atoms with E-state index in [1.165, 1.54) is 0 Å². The van der Waals surface area contributed by atoms with Crippen LogP contribution in [0, 0.1) is 13.8 Å². The second kappa shape index (κ2) is 4.95. The van der Waals surface area contributed by atoms with Crippen molar-refractivity contribution in [2.24, 2.45) is 0 Å². The summed E-state index contributed by atoms with van der Waals surface area (Å²) in [6, 6.07) is 11.8. The van der Waals surface area contributed by atoms with Gasteiger partial charge in [-0.05, 0) is 61.2 Å². The fourth-order valence-corrected chi connectivity index (χ4v) is 2.14. The van der Waals surface area contributed by atoms with Crippen molar-refractivity contribution >= 4 is 17.4 Å². The molecule has 0 saturated carbocycles. The quantitative estimate of drug-likeness (QED) is 0.706. The number of hydrogen-bond acceptors (Lipinski definition) is 1. The maximum atomic E-state index is 11.4. The molecule has 1 nitrogen and oxygen atoms in total. The zero-order valence-electron chi connectivity index (χ0n) is 10.8. The third kappa shape index (κ3) is 2.46. The van der Waals surface area contributed by atoms with Gasteiger partial charge in [0.15, 0.2) is 5.78 Å². The molecule has 2 aromatic rings. The first-order valence-electron chi connectivity index (χ1n) is 5.87. The molecule has 0 bridgehead atoms. The van der Waals surface area contributed by atoms with E-state index in [-0.39, 0.29) is 5.78 Å². The smallest absolute Gasteiger partial charge is 0.159 e. The molecule has 0 N–H and O–H groups in total. The molecule has 0 aliphatic heterocycles. The van der Waals surface area contributed by atoms with E-state index < -0.39 is 0 Å². The monoisotopic (exact) mass is 258 g/mol. The van der Waals surface area contributed by atoms with Crippen LogP contribution in [0.1, 0.15) is 28.4 Å². The van der Waals surface area contributed by atoms with Gasteiger partial charge >= 0.3 is 0 Å². The Bertz CT molecular complexity index is 591. The lowest BCUT2D eigenvalue weighted by molar-refractivity contribution is 0.101. The van der Waals surface area contributed by atoms with E-state index in [4.69, 9.17) is 11.6 Å². The van der Waals surface area contributed by atoms with Gasteiger partial charge in [-0.15, -0.1) is 0 Å². The van der Waals surface area contributed by atoms with Crippen LogP contribution in [-0.2, 0) is 0 Å². The molecule has 0 aromatic heterocycles. The predicted molar refractivity (Wildman–Crippen MR) is 76.4 cm³/mol. The van der Waals surface area contributed by atoms with Crippen molar-refractivity contribution < 1.29 is 4.79 Å². The number of rotatable bonds is 2. The highest BCUT2D eigenvalue weighted by Gasteiger charge is 2.06. The first-order chi connectivity index (χ1) is 8.49. The van der Waals surface area contributed by atoms with Gasteiger partial charge in [-0.1, -0.05) is 29.8 Å². The summed E-state index contributed by atoms with van der Waals surface area (Å²) < 4.78 is 0. The normalized spacial score (nSPS) is 10.4. The number of benzene rings is 2. The fourth-order valence-electron chi connectivity index (χ4n) is 2.03. The van der Waals surface area contributed by atoms with Crippen molar-refractivity contribution in [3.05, 3.63) is 58.1 Å². The lowest BCUT2D eigenvalue weighted by atomic mass is 9.98. The Balaban J connectivity index is 2.55. The highest BCUT2D eigenvalue weighted by Crippen LogP contribution is 2.28. The molecule has 92 valence electrons. The van der Waals surface area contributed by atoms with E-state index in [2.05, 4.69) is 12.1 Å². The average Bonchev–Trinajstić information content (AvgIpc) is 2.35. The molecule has 0 atom stereocenters. The molecule has 2 rings (SSSR count). The molecule has 2 heteroatoms. The lowest BCUT2D eigenvalue weighted by Gasteiger charge is -2.09. The summed E-state index contributed by atoms with van der Waals surface area (Å²) in [7, 11) is 0. The standard InChI is InChI=1S/C16H15ClO/c1-10-7-15(8-11(2)16(10)17)14-6-4-5-13(9-14)12(3)18/h4-9H,1-3H3. The molecular formula is C16H15ClO. The minimum Gasteiger partial charge on any atom is -0.295 e. The molecule has 0 heterocycles. The Labute approximate surface area is 112 Å². The Hall–Kier alpha value is -1.60. The van der Waals surface area contributed by atoms with Crippen LogP contribution in [0.5, 0.6) is 0 Å².